The van der Waals surface area contributed by atoms with Gasteiger partial charge in [-0.3, -0.25) is 9.69 Å². The summed E-state index contributed by atoms with van der Waals surface area (Å²) < 4.78 is 24.2. The summed E-state index contributed by atoms with van der Waals surface area (Å²) in [6.45, 7) is 5.06. The number of benzene rings is 3. The van der Waals surface area contributed by atoms with Crippen LogP contribution in [0.1, 0.15) is 56.2 Å². The molecule has 1 saturated carbocycles. The molecule has 12 heteroatoms. The van der Waals surface area contributed by atoms with Gasteiger partial charge in [-0.1, -0.05) is 89.4 Å². The number of piperazine rings is 1. The normalized spacial score (nSPS) is 19.2. The first-order chi connectivity index (χ1) is 24.3. The Labute approximate surface area is 322 Å². The zero-order valence-corrected chi connectivity index (χ0v) is 32.5. The number of nitrogens with zero attached hydrogens (tertiary/aromatic N) is 2. The number of hydrogen-bond acceptors (Lipinski definition) is 5. The van der Waals surface area contributed by atoms with Gasteiger partial charge in [0.25, 0.3) is 5.91 Å². The maximum Gasteiger partial charge on any atom is 0.411 e. The molecule has 0 spiro atoms. The number of ether oxygens (including phenoxy) is 2. The highest BCUT2D eigenvalue weighted by molar-refractivity contribution is 9.10. The number of amides is 2. The quantitative estimate of drug-likeness (QED) is 0.146. The van der Waals surface area contributed by atoms with Gasteiger partial charge in [0.05, 0.1) is 23.2 Å². The first-order valence-corrected chi connectivity index (χ1v) is 19.3. The minimum absolute atomic E-state index is 0.0567. The summed E-state index contributed by atoms with van der Waals surface area (Å²) in [4.78, 5) is 32.5. The van der Waals surface area contributed by atoms with E-state index < -0.39 is 21.5 Å². The molecule has 2 heterocycles. The van der Waals surface area contributed by atoms with Crippen LogP contribution in [0.5, 0.6) is 5.75 Å². The monoisotopic (exact) mass is 819 g/mol. The molecule has 7 nitrogen and oxygen atoms in total. The number of hydrogen-bond donors (Lipinski definition) is 1. The van der Waals surface area contributed by atoms with Crippen molar-refractivity contribution in [2.24, 2.45) is 0 Å². The lowest BCUT2D eigenvalue weighted by atomic mass is 9.81. The van der Waals surface area contributed by atoms with Gasteiger partial charge in [0.2, 0.25) is 3.79 Å². The molecule has 3 aliphatic rings. The predicted octanol–water partition coefficient (Wildman–Crippen LogP) is 8.92. The molecule has 1 aliphatic carbocycles. The van der Waals surface area contributed by atoms with E-state index in [4.69, 9.17) is 44.3 Å². The maximum atomic E-state index is 14.9. The Balaban J connectivity index is 1.27. The molecule has 272 valence electrons. The number of aryl methyl sites for hydroxylation is 1. The third-order valence-electron chi connectivity index (χ3n) is 9.81. The summed E-state index contributed by atoms with van der Waals surface area (Å²) >= 11 is 22.0. The van der Waals surface area contributed by atoms with Gasteiger partial charge in [0.15, 0.2) is 5.60 Å². The topological polar surface area (TPSA) is 71.1 Å². The van der Waals surface area contributed by atoms with E-state index in [-0.39, 0.29) is 23.8 Å². The molecular weight excluding hydrogens is 780 g/mol. The minimum Gasteiger partial charge on any atom is -0.492 e. The summed E-state index contributed by atoms with van der Waals surface area (Å²) in [6.07, 6.45) is 3.98. The second kappa shape index (κ2) is 16.0. The lowest BCUT2D eigenvalue weighted by molar-refractivity contribution is -0.128. The molecule has 0 aromatic heterocycles. The fraction of sp³-hybridized carbons (Fsp3) is 0.436. The van der Waals surface area contributed by atoms with Crippen LogP contribution in [0, 0.1) is 5.82 Å². The third kappa shape index (κ3) is 9.05. The van der Waals surface area contributed by atoms with Crippen LogP contribution in [0.3, 0.4) is 0 Å². The molecule has 2 amide bonds. The molecule has 1 N–H and O–H groups in total. The summed E-state index contributed by atoms with van der Waals surface area (Å²) in [5.74, 6) is 0.0741. The Kier molecular flexibility index (Phi) is 11.9. The van der Waals surface area contributed by atoms with Gasteiger partial charge in [0, 0.05) is 37.3 Å². The van der Waals surface area contributed by atoms with Crippen molar-refractivity contribution in [1.29, 1.82) is 0 Å². The summed E-state index contributed by atoms with van der Waals surface area (Å²) in [6, 6.07) is 22.2. The van der Waals surface area contributed by atoms with E-state index in [1.165, 1.54) is 12.1 Å². The molecule has 3 aromatic carbocycles. The largest absolute Gasteiger partial charge is 0.492 e. The fourth-order valence-corrected chi connectivity index (χ4v) is 7.23. The number of halogens is 5. The van der Waals surface area contributed by atoms with Crippen molar-refractivity contribution in [3.8, 4) is 5.75 Å². The van der Waals surface area contributed by atoms with Gasteiger partial charge in [-0.2, -0.15) is 0 Å². The molecule has 2 aliphatic heterocycles. The summed E-state index contributed by atoms with van der Waals surface area (Å²) in [5, 5.41) is 3.45. The van der Waals surface area contributed by atoms with Crippen molar-refractivity contribution in [1.82, 2.24) is 15.1 Å². The van der Waals surface area contributed by atoms with Gasteiger partial charge in [-0.15, -0.1) is 0 Å². The van der Waals surface area contributed by atoms with Crippen LogP contribution >= 0.6 is 50.7 Å². The zero-order chi connectivity index (χ0) is 36.3. The van der Waals surface area contributed by atoms with Crippen LogP contribution in [0.25, 0.3) is 5.57 Å². The SMILES string of the molecule is CC(C)(OC(=O)N1C2CNCC1C(C(=O)N(CCc1ccccc1)C1CC1)=C(c1ccc(CCCOc3cc(F)ccc3Br)cc1)C2)C(Cl)(Cl)Cl. The van der Waals surface area contributed by atoms with E-state index in [0.29, 0.717) is 48.5 Å². The lowest BCUT2D eigenvalue weighted by Gasteiger charge is -2.48. The van der Waals surface area contributed by atoms with Gasteiger partial charge < -0.3 is 19.7 Å². The number of nitrogens with one attached hydrogen (secondary N) is 1. The molecule has 2 fully saturated rings. The predicted molar refractivity (Wildman–Crippen MR) is 204 cm³/mol. The molecule has 51 heavy (non-hydrogen) atoms. The van der Waals surface area contributed by atoms with Gasteiger partial charge in [-0.25, -0.2) is 9.18 Å². The first-order valence-electron chi connectivity index (χ1n) is 17.4. The molecule has 6 rings (SSSR count). The highest BCUT2D eigenvalue weighted by Gasteiger charge is 2.50. The van der Waals surface area contributed by atoms with E-state index in [9.17, 15) is 14.0 Å². The Hall–Kier alpha value is -2.82. The van der Waals surface area contributed by atoms with Crippen LogP contribution < -0.4 is 10.1 Å². The lowest BCUT2D eigenvalue weighted by Crippen LogP contribution is -2.64. The first kappa shape index (κ1) is 37.9. The fourth-order valence-electron chi connectivity index (χ4n) is 6.75. The van der Waals surface area contributed by atoms with Gasteiger partial charge in [0.1, 0.15) is 11.6 Å². The van der Waals surface area contributed by atoms with Crippen molar-refractivity contribution < 1.29 is 23.5 Å². The Bertz CT molecular complexity index is 1750. The van der Waals surface area contributed by atoms with Crippen molar-refractivity contribution in [2.75, 3.05) is 26.2 Å². The Morgan fingerprint density at radius 1 is 0.980 bits per heavy atom. The van der Waals surface area contributed by atoms with Crippen molar-refractivity contribution >= 4 is 68.3 Å². The highest BCUT2D eigenvalue weighted by Crippen LogP contribution is 2.43. The smallest absolute Gasteiger partial charge is 0.411 e. The van der Waals surface area contributed by atoms with E-state index in [1.807, 2.05) is 23.1 Å². The van der Waals surface area contributed by atoms with Crippen LogP contribution in [0.2, 0.25) is 0 Å². The zero-order valence-electron chi connectivity index (χ0n) is 28.6. The van der Waals surface area contributed by atoms with E-state index in [1.54, 1.807) is 24.8 Å². The van der Waals surface area contributed by atoms with E-state index in [2.05, 4.69) is 57.6 Å². The van der Waals surface area contributed by atoms with Gasteiger partial charge >= 0.3 is 6.09 Å². The Morgan fingerprint density at radius 3 is 2.37 bits per heavy atom. The third-order valence-corrected chi connectivity index (χ3v) is 11.8. The number of carbonyl (C=O) groups excluding carboxylic acids is 2. The average Bonchev–Trinajstić information content (AvgIpc) is 3.93. The van der Waals surface area contributed by atoms with E-state index in [0.717, 1.165) is 54.4 Å². The van der Waals surface area contributed by atoms with Crippen molar-refractivity contribution in [3.05, 3.63) is 105 Å². The highest BCUT2D eigenvalue weighted by atomic mass is 79.9. The number of fused-ring (bicyclic) bond motifs is 2. The number of rotatable bonds is 12. The van der Waals surface area contributed by atoms with Crippen LogP contribution in [0.15, 0.2) is 82.8 Å². The second-order valence-corrected chi connectivity index (χ2v) is 17.0. The molecular formula is C39H42BrCl3FN3O4. The van der Waals surface area contributed by atoms with Crippen LogP contribution in [-0.4, -0.2) is 75.6 Å². The van der Waals surface area contributed by atoms with Crippen molar-refractivity contribution in [2.45, 2.75) is 79.9 Å². The standard InChI is InChI=1S/C39H42BrCl3FN3O4/c1-38(2,39(41,42)43)51-37(49)47-30-22-31(27-12-10-26(11-13-27)9-6-20-50-34-21-28(44)14-17-32(34)40)35(33(47)24-45-23-30)36(48)46(29-15-16-29)19-18-25-7-4-3-5-8-25/h3-5,7-8,10-14,17,21,29-30,33,45H,6,9,15-16,18-20,22-24H2,1-2H3. The molecule has 0 radical (unpaired) electrons. The summed E-state index contributed by atoms with van der Waals surface area (Å²) in [5.41, 5.74) is 3.37. The molecule has 2 bridgehead atoms. The summed E-state index contributed by atoms with van der Waals surface area (Å²) in [7, 11) is 0. The van der Waals surface area contributed by atoms with Gasteiger partial charge in [-0.05, 0) is 103 Å². The minimum atomic E-state index is -1.85. The Morgan fingerprint density at radius 2 is 1.69 bits per heavy atom. The second-order valence-electron chi connectivity index (χ2n) is 13.9. The molecule has 3 aromatic rings. The number of alkyl halides is 3. The molecule has 2 atom stereocenters. The maximum absolute atomic E-state index is 14.9. The van der Waals surface area contributed by atoms with Crippen LogP contribution in [0.4, 0.5) is 9.18 Å². The van der Waals surface area contributed by atoms with Crippen molar-refractivity contribution in [3.63, 3.8) is 0 Å². The van der Waals surface area contributed by atoms with Crippen LogP contribution in [-0.2, 0) is 22.4 Å². The molecule has 1 saturated heterocycles. The van der Waals surface area contributed by atoms with E-state index >= 15 is 0 Å². The number of carbonyl (C=O) groups is 2. The molecule has 2 unspecified atom stereocenters. The average molecular weight is 822 g/mol.